The normalized spacial score (nSPS) is 25.7. The average molecular weight is 314 g/mol. The van der Waals surface area contributed by atoms with Crippen molar-refractivity contribution in [2.45, 2.75) is 6.23 Å². The molecule has 3 aliphatic heterocycles. The van der Waals surface area contributed by atoms with Gasteiger partial charge in [-0.2, -0.15) is 0 Å². The van der Waals surface area contributed by atoms with Crippen molar-refractivity contribution in [3.05, 3.63) is 76.4 Å². The van der Waals surface area contributed by atoms with Crippen molar-refractivity contribution >= 4 is 29.8 Å². The highest BCUT2D eigenvalue weighted by Crippen LogP contribution is 2.17. The Balaban J connectivity index is 1.66. The van der Waals surface area contributed by atoms with Crippen LogP contribution >= 0.6 is 0 Å². The number of ether oxygens (including phenoxy) is 1. The number of aliphatic imine (C=N–C) groups is 2. The van der Waals surface area contributed by atoms with E-state index in [1.165, 1.54) is 0 Å². The molecule has 2 N–H and O–H groups in total. The fraction of sp³-hybridized carbons (Fsp3) is 0.0526. The van der Waals surface area contributed by atoms with Gasteiger partial charge in [-0.1, -0.05) is 0 Å². The summed E-state index contributed by atoms with van der Waals surface area (Å²) in [6.45, 7) is 0. The number of aromatic nitrogens is 2. The second kappa shape index (κ2) is 5.09. The molecule has 0 fully saturated rings. The van der Waals surface area contributed by atoms with Gasteiger partial charge in [0.1, 0.15) is 0 Å². The van der Waals surface area contributed by atoms with E-state index in [-0.39, 0.29) is 6.23 Å². The molecule has 5 heterocycles. The summed E-state index contributed by atoms with van der Waals surface area (Å²) in [5.41, 5.74) is 3.76. The van der Waals surface area contributed by atoms with Gasteiger partial charge in [0, 0.05) is 28.2 Å². The van der Waals surface area contributed by atoms with Crippen LogP contribution < -0.4 is 10.7 Å². The van der Waals surface area contributed by atoms with Crippen molar-refractivity contribution in [2.24, 2.45) is 9.98 Å². The lowest BCUT2D eigenvalue weighted by molar-refractivity contribution is 0.252. The first-order valence-electron chi connectivity index (χ1n) is 7.79. The van der Waals surface area contributed by atoms with Crippen molar-refractivity contribution in [1.82, 2.24) is 9.97 Å². The minimum absolute atomic E-state index is 0.329. The molecule has 0 aliphatic carbocycles. The topological polar surface area (TPSA) is 65.5 Å². The van der Waals surface area contributed by atoms with E-state index in [0.29, 0.717) is 5.90 Å². The van der Waals surface area contributed by atoms with E-state index in [0.717, 1.165) is 33.5 Å². The largest absolute Gasteiger partial charge is 0.448 e. The van der Waals surface area contributed by atoms with E-state index in [9.17, 15) is 0 Å². The van der Waals surface area contributed by atoms with Gasteiger partial charge in [0.2, 0.25) is 12.1 Å². The number of hydrogen-bond donors (Lipinski definition) is 2. The second-order valence-corrected chi connectivity index (χ2v) is 5.80. The summed E-state index contributed by atoms with van der Waals surface area (Å²) in [5.74, 6) is 0.577. The van der Waals surface area contributed by atoms with Crippen LogP contribution in [0, 0.1) is 0 Å². The Hall–Kier alpha value is -3.34. The lowest BCUT2D eigenvalue weighted by atomic mass is 10.3. The Morgan fingerprint density at radius 1 is 0.833 bits per heavy atom. The predicted molar refractivity (Wildman–Crippen MR) is 94.9 cm³/mol. The molecule has 2 aromatic rings. The SMILES string of the molecule is C1=CC2N=C1/C=c1/cc/c([nH]1)=C/c1ccc([nH]1)/C=C1/C=CC(=N1)O2. The fourth-order valence-corrected chi connectivity index (χ4v) is 2.88. The third kappa shape index (κ3) is 2.46. The van der Waals surface area contributed by atoms with Crippen LogP contribution in [0.4, 0.5) is 0 Å². The van der Waals surface area contributed by atoms with Gasteiger partial charge in [-0.25, -0.2) is 9.98 Å². The quantitative estimate of drug-likeness (QED) is 0.762. The second-order valence-electron chi connectivity index (χ2n) is 5.80. The van der Waals surface area contributed by atoms with Crippen LogP contribution in [-0.2, 0) is 4.74 Å². The lowest BCUT2D eigenvalue weighted by Crippen LogP contribution is -2.12. The molecule has 0 amide bonds. The molecule has 2 aromatic heterocycles. The van der Waals surface area contributed by atoms with Gasteiger partial charge in [0.05, 0.1) is 11.4 Å². The average Bonchev–Trinajstić information content (AvgIpc) is 3.32. The molecule has 0 saturated carbocycles. The van der Waals surface area contributed by atoms with Crippen LogP contribution in [0.15, 0.2) is 64.3 Å². The Labute approximate surface area is 137 Å². The summed E-state index contributed by atoms with van der Waals surface area (Å²) in [4.78, 5) is 15.7. The Morgan fingerprint density at radius 3 is 2.58 bits per heavy atom. The number of allylic oxidation sites excluding steroid dienone is 2. The molecule has 116 valence electrons. The third-order valence-corrected chi connectivity index (χ3v) is 3.97. The summed E-state index contributed by atoms with van der Waals surface area (Å²) >= 11 is 0. The predicted octanol–water partition coefficient (Wildman–Crippen LogP) is 1.63. The van der Waals surface area contributed by atoms with Crippen molar-refractivity contribution in [1.29, 1.82) is 0 Å². The first-order chi connectivity index (χ1) is 11.8. The van der Waals surface area contributed by atoms with Crippen LogP contribution in [0.3, 0.4) is 0 Å². The molecule has 0 spiro atoms. The molecule has 5 rings (SSSR count). The number of rotatable bonds is 0. The Morgan fingerprint density at radius 2 is 1.67 bits per heavy atom. The smallest absolute Gasteiger partial charge is 0.216 e. The number of hydrogen-bond acceptors (Lipinski definition) is 3. The van der Waals surface area contributed by atoms with E-state index in [4.69, 9.17) is 4.74 Å². The molecule has 5 nitrogen and oxygen atoms in total. The third-order valence-electron chi connectivity index (χ3n) is 3.97. The van der Waals surface area contributed by atoms with Gasteiger partial charge in [0.15, 0.2) is 0 Å². The molecule has 8 bridgehead atoms. The van der Waals surface area contributed by atoms with Crippen LogP contribution in [0.1, 0.15) is 11.4 Å². The molecule has 0 radical (unpaired) electrons. The maximum Gasteiger partial charge on any atom is 0.216 e. The number of H-pyrrole nitrogens is 2. The standard InChI is InChI=1S/C19H14N4O/c1-3-14-10-16-5-7-18(22-16)24-19-8-6-17(23-19)11-15-4-2-13(21-15)9-12(1)20-14/h1-11,18,20-21H/b12-9-,14-10-,17-11-. The molecule has 3 aliphatic rings. The maximum atomic E-state index is 5.81. The summed E-state index contributed by atoms with van der Waals surface area (Å²) in [5, 5.41) is 2.04. The zero-order valence-electron chi connectivity index (χ0n) is 12.7. The van der Waals surface area contributed by atoms with Gasteiger partial charge >= 0.3 is 0 Å². The monoisotopic (exact) mass is 314 g/mol. The van der Waals surface area contributed by atoms with Crippen molar-refractivity contribution in [3.8, 4) is 0 Å². The Bertz CT molecular complexity index is 1090. The van der Waals surface area contributed by atoms with E-state index in [1.807, 2.05) is 60.7 Å². The molecule has 0 aromatic carbocycles. The van der Waals surface area contributed by atoms with Crippen molar-refractivity contribution in [3.63, 3.8) is 0 Å². The first-order valence-corrected chi connectivity index (χ1v) is 7.79. The van der Waals surface area contributed by atoms with Gasteiger partial charge in [-0.3, -0.25) is 0 Å². The highest BCUT2D eigenvalue weighted by molar-refractivity contribution is 6.18. The fourth-order valence-electron chi connectivity index (χ4n) is 2.88. The molecule has 5 heteroatoms. The molecule has 1 unspecified atom stereocenters. The Kier molecular flexibility index (Phi) is 2.79. The van der Waals surface area contributed by atoms with Gasteiger partial charge < -0.3 is 14.7 Å². The highest BCUT2D eigenvalue weighted by Gasteiger charge is 2.15. The summed E-state index contributed by atoms with van der Waals surface area (Å²) < 4.78 is 5.81. The van der Waals surface area contributed by atoms with Crippen molar-refractivity contribution in [2.75, 3.05) is 0 Å². The molecular weight excluding hydrogens is 300 g/mol. The van der Waals surface area contributed by atoms with E-state index >= 15 is 0 Å². The van der Waals surface area contributed by atoms with E-state index in [1.54, 1.807) is 0 Å². The van der Waals surface area contributed by atoms with Crippen LogP contribution in [-0.4, -0.2) is 27.8 Å². The van der Waals surface area contributed by atoms with Crippen molar-refractivity contribution < 1.29 is 4.74 Å². The van der Waals surface area contributed by atoms with Gasteiger partial charge in [-0.15, -0.1) is 0 Å². The van der Waals surface area contributed by atoms with Crippen LogP contribution in [0.25, 0.3) is 18.2 Å². The zero-order valence-corrected chi connectivity index (χ0v) is 12.7. The molecule has 24 heavy (non-hydrogen) atoms. The van der Waals surface area contributed by atoms with E-state index in [2.05, 4.69) is 26.0 Å². The van der Waals surface area contributed by atoms with Gasteiger partial charge in [-0.05, 0) is 60.7 Å². The first kappa shape index (κ1) is 13.1. The van der Waals surface area contributed by atoms with Gasteiger partial charge in [0.25, 0.3) is 0 Å². The molecular formula is C19H14N4O. The number of aromatic amines is 2. The van der Waals surface area contributed by atoms with Crippen LogP contribution in [0.5, 0.6) is 0 Å². The number of nitrogens with zero attached hydrogens (tertiary/aromatic N) is 2. The molecule has 0 saturated heterocycles. The minimum Gasteiger partial charge on any atom is -0.448 e. The number of fused-ring (bicyclic) bond motifs is 6. The lowest BCUT2D eigenvalue weighted by Gasteiger charge is -2.06. The number of nitrogens with one attached hydrogen (secondary N) is 2. The maximum absolute atomic E-state index is 5.81. The van der Waals surface area contributed by atoms with E-state index < -0.39 is 0 Å². The zero-order chi connectivity index (χ0) is 15.9. The summed E-state index contributed by atoms with van der Waals surface area (Å²) in [6, 6.07) is 8.16. The minimum atomic E-state index is -0.329. The summed E-state index contributed by atoms with van der Waals surface area (Å²) in [6.07, 6.45) is 13.4. The molecule has 1 atom stereocenters. The highest BCUT2D eigenvalue weighted by atomic mass is 16.5. The summed E-state index contributed by atoms with van der Waals surface area (Å²) in [7, 11) is 0. The van der Waals surface area contributed by atoms with Crippen LogP contribution in [0.2, 0.25) is 0 Å².